The van der Waals surface area contributed by atoms with Crippen LogP contribution in [0.25, 0.3) is 0 Å². The summed E-state index contributed by atoms with van der Waals surface area (Å²) in [6.07, 6.45) is 0. The van der Waals surface area contributed by atoms with Crippen LogP contribution < -0.4 is 5.32 Å². The van der Waals surface area contributed by atoms with Gasteiger partial charge in [-0.3, -0.25) is 0 Å². The van der Waals surface area contributed by atoms with Crippen molar-refractivity contribution >= 4 is 0 Å². The van der Waals surface area contributed by atoms with Gasteiger partial charge in [0.05, 0.1) is 0 Å². The summed E-state index contributed by atoms with van der Waals surface area (Å²) in [6, 6.07) is 10.8. The minimum Gasteiger partial charge on any atom is -0.240 e. The maximum absolute atomic E-state index is 4.37. The van der Waals surface area contributed by atoms with Gasteiger partial charge in [0.25, 0.3) is 0 Å². The molecule has 1 saturated heterocycles. The fraction of sp³-hybridized carbons (Fsp3) is 0.500. The average molecular weight is 174 g/mol. The fourth-order valence-corrected chi connectivity index (χ4v) is 2.00. The van der Waals surface area contributed by atoms with Gasteiger partial charge in [0.2, 0.25) is 0 Å². The lowest BCUT2D eigenvalue weighted by molar-refractivity contribution is 0.194. The van der Waals surface area contributed by atoms with Gasteiger partial charge in [0, 0.05) is 18.5 Å². The van der Waals surface area contributed by atoms with Crippen molar-refractivity contribution < 1.29 is 0 Å². The van der Waals surface area contributed by atoms with Crippen LogP contribution in [0.15, 0.2) is 30.3 Å². The molecule has 0 N–H and O–H groups in total. The highest BCUT2D eigenvalue weighted by Gasteiger charge is 2.42. The summed E-state index contributed by atoms with van der Waals surface area (Å²) < 4.78 is 0. The Morgan fingerprint density at radius 2 is 1.77 bits per heavy atom. The summed E-state index contributed by atoms with van der Waals surface area (Å²) in [5, 5.41) is 4.37. The third-order valence-electron chi connectivity index (χ3n) is 3.24. The molecule has 0 aliphatic carbocycles. The molecule has 0 bridgehead atoms. The van der Waals surface area contributed by atoms with Crippen molar-refractivity contribution in [2.45, 2.75) is 19.3 Å². The zero-order valence-corrected chi connectivity index (χ0v) is 8.33. The predicted octanol–water partition coefficient (Wildman–Crippen LogP) is 2.20. The second-order valence-electron chi connectivity index (χ2n) is 4.22. The summed E-state index contributed by atoms with van der Waals surface area (Å²) in [6.45, 7) is 6.60. The van der Waals surface area contributed by atoms with E-state index in [1.807, 2.05) is 0 Å². The molecule has 1 heterocycles. The molecular weight excluding hydrogens is 158 g/mol. The lowest BCUT2D eigenvalue weighted by Gasteiger charge is -2.45. The first-order valence-corrected chi connectivity index (χ1v) is 4.94. The van der Waals surface area contributed by atoms with E-state index in [2.05, 4.69) is 49.5 Å². The molecule has 0 aromatic heterocycles. The van der Waals surface area contributed by atoms with Crippen LogP contribution in [-0.2, 0) is 5.41 Å². The number of nitrogens with zero attached hydrogens (tertiary/aromatic N) is 1. The van der Waals surface area contributed by atoms with Gasteiger partial charge in [-0.05, 0) is 11.5 Å². The van der Waals surface area contributed by atoms with Crippen LogP contribution in [0.2, 0.25) is 0 Å². The smallest absolute Gasteiger partial charge is 0.0258 e. The van der Waals surface area contributed by atoms with Gasteiger partial charge in [-0.1, -0.05) is 44.2 Å². The van der Waals surface area contributed by atoms with E-state index in [9.17, 15) is 0 Å². The van der Waals surface area contributed by atoms with Gasteiger partial charge < -0.3 is 0 Å². The van der Waals surface area contributed by atoms with Crippen LogP contribution in [0.3, 0.4) is 0 Å². The standard InChI is InChI=1S/C12H16N/c1-10(2)12(8-13-9-12)11-6-4-3-5-7-11/h3-7,10H,8-9H2,1-2H3. The zero-order chi connectivity index (χ0) is 9.31. The third-order valence-corrected chi connectivity index (χ3v) is 3.24. The van der Waals surface area contributed by atoms with Gasteiger partial charge in [0.15, 0.2) is 0 Å². The second kappa shape index (κ2) is 3.15. The van der Waals surface area contributed by atoms with Gasteiger partial charge in [0.1, 0.15) is 0 Å². The molecule has 0 amide bonds. The van der Waals surface area contributed by atoms with Crippen LogP contribution in [0.1, 0.15) is 19.4 Å². The topological polar surface area (TPSA) is 14.1 Å². The Hall–Kier alpha value is -0.820. The molecule has 1 heteroatoms. The van der Waals surface area contributed by atoms with Crippen LogP contribution in [0.5, 0.6) is 0 Å². The molecule has 2 rings (SSSR count). The number of hydrogen-bond donors (Lipinski definition) is 0. The average Bonchev–Trinajstić information content (AvgIpc) is 2.03. The van der Waals surface area contributed by atoms with Crippen molar-refractivity contribution in [3.63, 3.8) is 0 Å². The van der Waals surface area contributed by atoms with Crippen LogP contribution in [0, 0.1) is 5.92 Å². The molecule has 0 saturated carbocycles. The molecule has 69 valence electrons. The van der Waals surface area contributed by atoms with Gasteiger partial charge in [-0.15, -0.1) is 0 Å². The Morgan fingerprint density at radius 1 is 1.15 bits per heavy atom. The second-order valence-corrected chi connectivity index (χ2v) is 4.22. The first-order valence-electron chi connectivity index (χ1n) is 4.94. The Kier molecular flexibility index (Phi) is 2.12. The number of rotatable bonds is 2. The van der Waals surface area contributed by atoms with Crippen LogP contribution in [-0.4, -0.2) is 13.1 Å². The molecule has 1 nitrogen and oxygen atoms in total. The third kappa shape index (κ3) is 1.28. The Balaban J connectivity index is 2.32. The van der Waals surface area contributed by atoms with E-state index in [4.69, 9.17) is 0 Å². The minimum absolute atomic E-state index is 0.348. The summed E-state index contributed by atoms with van der Waals surface area (Å²) in [4.78, 5) is 0. The Bertz CT molecular complexity index is 272. The Labute approximate surface area is 80.2 Å². The molecule has 1 aliphatic heterocycles. The summed E-state index contributed by atoms with van der Waals surface area (Å²) >= 11 is 0. The fourth-order valence-electron chi connectivity index (χ4n) is 2.00. The molecule has 1 radical (unpaired) electrons. The van der Waals surface area contributed by atoms with Gasteiger partial charge >= 0.3 is 0 Å². The monoisotopic (exact) mass is 174 g/mol. The molecule has 0 atom stereocenters. The quantitative estimate of drug-likeness (QED) is 0.652. The summed E-state index contributed by atoms with van der Waals surface area (Å²) in [5.41, 5.74) is 1.81. The number of hydrogen-bond acceptors (Lipinski definition) is 0. The highest BCUT2D eigenvalue weighted by molar-refractivity contribution is 5.30. The molecule has 1 aromatic carbocycles. The molecule has 1 aromatic rings. The molecule has 0 unspecified atom stereocenters. The van der Waals surface area contributed by atoms with E-state index in [1.54, 1.807) is 0 Å². The van der Waals surface area contributed by atoms with Crippen molar-refractivity contribution in [1.29, 1.82) is 0 Å². The summed E-state index contributed by atoms with van der Waals surface area (Å²) in [7, 11) is 0. The minimum atomic E-state index is 0.348. The SMILES string of the molecule is CC(C)C1(c2ccccc2)C[N]C1. The van der Waals surface area contributed by atoms with Gasteiger partial charge in [-0.25, -0.2) is 5.32 Å². The maximum atomic E-state index is 4.37. The van der Waals surface area contributed by atoms with E-state index in [0.717, 1.165) is 13.1 Å². The van der Waals surface area contributed by atoms with Crippen molar-refractivity contribution in [3.8, 4) is 0 Å². The van der Waals surface area contributed by atoms with E-state index >= 15 is 0 Å². The molecular formula is C12H16N. The van der Waals surface area contributed by atoms with Crippen LogP contribution in [0.4, 0.5) is 0 Å². The molecule has 0 spiro atoms. The highest BCUT2D eigenvalue weighted by Crippen LogP contribution is 2.36. The molecule has 1 aliphatic rings. The predicted molar refractivity (Wildman–Crippen MR) is 54.8 cm³/mol. The van der Waals surface area contributed by atoms with E-state index in [0.29, 0.717) is 11.3 Å². The normalized spacial score (nSPS) is 19.9. The van der Waals surface area contributed by atoms with Gasteiger partial charge in [-0.2, -0.15) is 0 Å². The van der Waals surface area contributed by atoms with Crippen molar-refractivity contribution in [2.75, 3.05) is 13.1 Å². The molecule has 13 heavy (non-hydrogen) atoms. The van der Waals surface area contributed by atoms with E-state index in [-0.39, 0.29) is 0 Å². The van der Waals surface area contributed by atoms with Crippen molar-refractivity contribution in [1.82, 2.24) is 5.32 Å². The van der Waals surface area contributed by atoms with E-state index < -0.39 is 0 Å². The van der Waals surface area contributed by atoms with Crippen molar-refractivity contribution in [2.24, 2.45) is 5.92 Å². The first-order chi connectivity index (χ1) is 6.26. The highest BCUT2D eigenvalue weighted by atomic mass is 15.0. The number of benzene rings is 1. The Morgan fingerprint density at radius 3 is 2.15 bits per heavy atom. The maximum Gasteiger partial charge on any atom is 0.0258 e. The molecule has 1 fully saturated rings. The largest absolute Gasteiger partial charge is 0.240 e. The van der Waals surface area contributed by atoms with Crippen molar-refractivity contribution in [3.05, 3.63) is 35.9 Å². The lowest BCUT2D eigenvalue weighted by atomic mass is 9.67. The lowest BCUT2D eigenvalue weighted by Crippen LogP contribution is -2.55. The zero-order valence-electron chi connectivity index (χ0n) is 8.33. The summed E-state index contributed by atoms with van der Waals surface area (Å²) in [5.74, 6) is 0.687. The van der Waals surface area contributed by atoms with E-state index in [1.165, 1.54) is 5.56 Å². The first kappa shape index (κ1) is 8.76. The van der Waals surface area contributed by atoms with Crippen LogP contribution >= 0.6 is 0 Å².